The molecule has 0 aliphatic carbocycles. The average molecular weight is 584 g/mol. The van der Waals surface area contributed by atoms with Crippen molar-refractivity contribution < 1.29 is 29.0 Å². The molecule has 3 aromatic rings. The molecule has 226 valence electrons. The Kier molecular flexibility index (Phi) is 11.2. The van der Waals surface area contributed by atoms with Crippen molar-refractivity contribution >= 4 is 34.7 Å². The summed E-state index contributed by atoms with van der Waals surface area (Å²) in [5.41, 5.74) is 6.87. The summed E-state index contributed by atoms with van der Waals surface area (Å²) in [6.07, 6.45) is 2.40. The SMILES string of the molecule is COCCOc1ccc(Nc2ncc(F)c(Nc3cccc(N(O)C(O)CCCN4CCC(C(N)=O)CC4)c3)n2)cc1. The molecule has 1 aliphatic rings. The van der Waals surface area contributed by atoms with Gasteiger partial charge >= 0.3 is 0 Å². The maximum atomic E-state index is 14.6. The maximum absolute atomic E-state index is 14.6. The van der Waals surface area contributed by atoms with Crippen molar-refractivity contribution in [2.45, 2.75) is 31.9 Å². The zero-order valence-corrected chi connectivity index (χ0v) is 23.6. The highest BCUT2D eigenvalue weighted by Crippen LogP contribution is 2.26. The number of aliphatic hydroxyl groups is 1. The summed E-state index contributed by atoms with van der Waals surface area (Å²) in [6, 6.07) is 13.7. The molecule has 2 heterocycles. The molecule has 42 heavy (non-hydrogen) atoms. The summed E-state index contributed by atoms with van der Waals surface area (Å²) in [5, 5.41) is 27.9. The topological polar surface area (TPSA) is 158 Å². The number of benzene rings is 2. The van der Waals surface area contributed by atoms with Gasteiger partial charge < -0.3 is 35.8 Å². The lowest BCUT2D eigenvalue weighted by Gasteiger charge is -2.31. The van der Waals surface area contributed by atoms with E-state index in [0.717, 1.165) is 43.7 Å². The molecule has 12 nitrogen and oxygen atoms in total. The van der Waals surface area contributed by atoms with Gasteiger partial charge in [0, 0.05) is 24.4 Å². The Bertz CT molecular complexity index is 1290. The van der Waals surface area contributed by atoms with E-state index < -0.39 is 12.0 Å². The van der Waals surface area contributed by atoms with Crippen LogP contribution in [0.4, 0.5) is 33.2 Å². The second-order valence-electron chi connectivity index (χ2n) is 10.0. The van der Waals surface area contributed by atoms with Crippen molar-refractivity contribution in [3.8, 4) is 5.75 Å². The van der Waals surface area contributed by atoms with Crippen LogP contribution in [0.5, 0.6) is 5.75 Å². The number of hydrogen-bond donors (Lipinski definition) is 5. The molecule has 13 heteroatoms. The van der Waals surface area contributed by atoms with Crippen LogP contribution in [0.2, 0.25) is 0 Å². The number of aliphatic hydroxyl groups excluding tert-OH is 1. The zero-order chi connectivity index (χ0) is 29.9. The van der Waals surface area contributed by atoms with Gasteiger partial charge in [0.25, 0.3) is 0 Å². The van der Waals surface area contributed by atoms with Crippen LogP contribution in [-0.2, 0) is 9.53 Å². The van der Waals surface area contributed by atoms with Gasteiger partial charge in [-0.05, 0) is 87.8 Å². The van der Waals surface area contributed by atoms with Crippen LogP contribution in [0.15, 0.2) is 54.7 Å². The number of nitrogens with zero attached hydrogens (tertiary/aromatic N) is 4. The number of halogens is 1. The standard InChI is InChI=1S/C29H38FN7O5/c1-41-16-17-42-24-9-7-21(8-10-24)34-29-32-19-25(30)28(35-29)33-22-4-2-5-23(18-22)37(40)26(38)6-3-13-36-14-11-20(12-15-36)27(31)39/h2,4-5,7-10,18-20,26,38,40H,3,6,11-17H2,1H3,(H2,31,39)(H2,32,33,34,35). The van der Waals surface area contributed by atoms with E-state index in [-0.39, 0.29) is 23.6 Å². The highest BCUT2D eigenvalue weighted by molar-refractivity contribution is 5.76. The monoisotopic (exact) mass is 583 g/mol. The number of amides is 1. The van der Waals surface area contributed by atoms with Gasteiger partial charge in [-0.1, -0.05) is 6.07 Å². The molecule has 0 bridgehead atoms. The smallest absolute Gasteiger partial charge is 0.229 e. The minimum absolute atomic E-state index is 0.0608. The number of ether oxygens (including phenoxy) is 2. The summed E-state index contributed by atoms with van der Waals surface area (Å²) in [5.74, 6) is -0.166. The number of nitrogens with one attached hydrogen (secondary N) is 2. The molecule has 0 spiro atoms. The molecule has 1 fully saturated rings. The van der Waals surface area contributed by atoms with Gasteiger partial charge in [-0.3, -0.25) is 10.0 Å². The fourth-order valence-corrected chi connectivity index (χ4v) is 4.62. The fraction of sp³-hybridized carbons (Fsp3) is 0.414. The second kappa shape index (κ2) is 15.3. The number of hydrogen-bond acceptors (Lipinski definition) is 11. The molecule has 1 amide bonds. The van der Waals surface area contributed by atoms with Crippen LogP contribution in [0.1, 0.15) is 25.7 Å². The normalized spacial score (nSPS) is 14.8. The van der Waals surface area contributed by atoms with E-state index in [4.69, 9.17) is 15.2 Å². The Morgan fingerprint density at radius 2 is 1.93 bits per heavy atom. The molecule has 2 aromatic carbocycles. The highest BCUT2D eigenvalue weighted by atomic mass is 19.1. The van der Waals surface area contributed by atoms with E-state index >= 15 is 0 Å². The quantitative estimate of drug-likeness (QED) is 0.101. The Hall–Kier alpha value is -4.04. The van der Waals surface area contributed by atoms with Gasteiger partial charge in [0.15, 0.2) is 17.9 Å². The third-order valence-corrected chi connectivity index (χ3v) is 6.99. The van der Waals surface area contributed by atoms with Gasteiger partial charge in [0.1, 0.15) is 12.4 Å². The second-order valence-corrected chi connectivity index (χ2v) is 10.0. The lowest BCUT2D eigenvalue weighted by atomic mass is 9.96. The van der Waals surface area contributed by atoms with Gasteiger partial charge in [0.05, 0.1) is 18.5 Å². The van der Waals surface area contributed by atoms with Crippen LogP contribution in [0.25, 0.3) is 0 Å². The summed E-state index contributed by atoms with van der Waals surface area (Å²) in [6.45, 7) is 3.24. The molecule has 1 aliphatic heterocycles. The van der Waals surface area contributed by atoms with Crippen LogP contribution in [0, 0.1) is 11.7 Å². The number of carbonyl (C=O) groups excluding carboxylic acids is 1. The van der Waals surface area contributed by atoms with E-state index in [0.29, 0.717) is 48.9 Å². The van der Waals surface area contributed by atoms with Crippen molar-refractivity contribution in [3.63, 3.8) is 0 Å². The molecule has 1 aromatic heterocycles. The van der Waals surface area contributed by atoms with E-state index in [1.165, 1.54) is 0 Å². The fourth-order valence-electron chi connectivity index (χ4n) is 4.62. The largest absolute Gasteiger partial charge is 0.491 e. The van der Waals surface area contributed by atoms with Crippen molar-refractivity contribution in [2.24, 2.45) is 11.7 Å². The van der Waals surface area contributed by atoms with E-state index in [1.54, 1.807) is 55.6 Å². The number of aromatic nitrogens is 2. The lowest BCUT2D eigenvalue weighted by Crippen LogP contribution is -2.39. The van der Waals surface area contributed by atoms with Gasteiger partial charge in [-0.2, -0.15) is 4.98 Å². The van der Waals surface area contributed by atoms with Crippen LogP contribution < -0.4 is 26.2 Å². The maximum Gasteiger partial charge on any atom is 0.229 e. The number of primary amides is 1. The third kappa shape index (κ3) is 8.98. The van der Waals surface area contributed by atoms with E-state index in [9.17, 15) is 19.5 Å². The van der Waals surface area contributed by atoms with Crippen LogP contribution >= 0.6 is 0 Å². The molecule has 0 saturated carbocycles. The number of piperidine rings is 1. The number of anilines is 5. The molecule has 6 N–H and O–H groups in total. The molecule has 1 unspecified atom stereocenters. The predicted octanol–water partition coefficient (Wildman–Crippen LogP) is 3.62. The van der Waals surface area contributed by atoms with Crippen LogP contribution in [-0.4, -0.2) is 77.3 Å². The molecular weight excluding hydrogens is 545 g/mol. The van der Waals surface area contributed by atoms with Crippen molar-refractivity contribution in [3.05, 3.63) is 60.5 Å². The van der Waals surface area contributed by atoms with E-state index in [1.807, 2.05) is 0 Å². The first kappa shape index (κ1) is 30.9. The molecular formula is C29H38FN7O5. The van der Waals surface area contributed by atoms with Crippen molar-refractivity contribution in [1.82, 2.24) is 14.9 Å². The average Bonchev–Trinajstić information content (AvgIpc) is 3.00. The van der Waals surface area contributed by atoms with Gasteiger partial charge in [-0.25, -0.2) is 14.4 Å². The Balaban J connectivity index is 1.30. The van der Waals surface area contributed by atoms with E-state index in [2.05, 4.69) is 25.5 Å². The first-order valence-corrected chi connectivity index (χ1v) is 13.9. The lowest BCUT2D eigenvalue weighted by molar-refractivity contribution is -0.123. The zero-order valence-electron chi connectivity index (χ0n) is 23.6. The minimum Gasteiger partial charge on any atom is -0.491 e. The van der Waals surface area contributed by atoms with Crippen LogP contribution in [0.3, 0.4) is 0 Å². The Morgan fingerprint density at radius 1 is 1.17 bits per heavy atom. The van der Waals surface area contributed by atoms with Gasteiger partial charge in [0.2, 0.25) is 11.9 Å². The van der Waals surface area contributed by atoms with Crippen molar-refractivity contribution in [1.29, 1.82) is 0 Å². The number of methoxy groups -OCH3 is 1. The third-order valence-electron chi connectivity index (χ3n) is 6.99. The molecule has 0 radical (unpaired) electrons. The predicted molar refractivity (Wildman–Crippen MR) is 157 cm³/mol. The van der Waals surface area contributed by atoms with Crippen molar-refractivity contribution in [2.75, 3.05) is 55.7 Å². The summed E-state index contributed by atoms with van der Waals surface area (Å²) in [7, 11) is 1.61. The minimum atomic E-state index is -1.13. The number of nitrogens with two attached hydrogens (primary N) is 1. The summed E-state index contributed by atoms with van der Waals surface area (Å²) in [4.78, 5) is 21.8. The first-order valence-electron chi connectivity index (χ1n) is 13.9. The summed E-state index contributed by atoms with van der Waals surface area (Å²) >= 11 is 0. The first-order chi connectivity index (χ1) is 20.3. The number of rotatable bonds is 15. The highest BCUT2D eigenvalue weighted by Gasteiger charge is 2.23. The Labute approximate surface area is 244 Å². The number of hydroxylamine groups is 1. The Morgan fingerprint density at radius 3 is 2.64 bits per heavy atom. The molecule has 1 saturated heterocycles. The molecule has 1 atom stereocenters. The molecule has 4 rings (SSSR count). The number of carbonyl (C=O) groups is 1. The van der Waals surface area contributed by atoms with Gasteiger partial charge in [-0.15, -0.1) is 0 Å². The number of likely N-dealkylation sites (tertiary alicyclic amines) is 1. The summed E-state index contributed by atoms with van der Waals surface area (Å²) < 4.78 is 25.1.